The van der Waals surface area contributed by atoms with Gasteiger partial charge in [0.25, 0.3) is 0 Å². The van der Waals surface area contributed by atoms with Gasteiger partial charge >= 0.3 is 0 Å². The molecule has 1 aliphatic rings. The highest BCUT2D eigenvalue weighted by Gasteiger charge is 2.13. The minimum Gasteiger partial charge on any atom is -0.476 e. The van der Waals surface area contributed by atoms with Crippen LogP contribution in [0.1, 0.15) is 51.9 Å². The van der Waals surface area contributed by atoms with Gasteiger partial charge in [0.1, 0.15) is 12.4 Å². The maximum atomic E-state index is 6.03. The van der Waals surface area contributed by atoms with Crippen LogP contribution in [0.2, 0.25) is 0 Å². The second kappa shape index (κ2) is 15.9. The number of hydrogen-bond donors (Lipinski definition) is 2. The molecule has 0 atom stereocenters. The molecule has 3 rings (SSSR count). The smallest absolute Gasteiger partial charge is 0.219 e. The van der Waals surface area contributed by atoms with Gasteiger partial charge in [-0.25, -0.2) is 4.98 Å². The van der Waals surface area contributed by atoms with Crippen molar-refractivity contribution in [3.05, 3.63) is 35.7 Å². The minimum atomic E-state index is 0.491. The van der Waals surface area contributed by atoms with Crippen LogP contribution in [0.25, 0.3) is 0 Å². The number of nitrogens with two attached hydrogens (primary N) is 1. The summed E-state index contributed by atoms with van der Waals surface area (Å²) >= 11 is 0. The number of aryl methyl sites for hydroxylation is 1. The average molecular weight is 486 g/mol. The van der Waals surface area contributed by atoms with Gasteiger partial charge in [0.15, 0.2) is 5.82 Å². The Morgan fingerprint density at radius 2 is 1.86 bits per heavy atom. The van der Waals surface area contributed by atoms with E-state index in [0.717, 1.165) is 75.8 Å². The third kappa shape index (κ3) is 9.70. The molecule has 9 heteroatoms. The molecule has 1 fully saturated rings. The van der Waals surface area contributed by atoms with Gasteiger partial charge in [-0.2, -0.15) is 10.1 Å². The van der Waals surface area contributed by atoms with E-state index in [4.69, 9.17) is 20.2 Å². The number of hydrazone groups is 1. The van der Waals surface area contributed by atoms with Gasteiger partial charge in [0, 0.05) is 38.8 Å². The van der Waals surface area contributed by atoms with Gasteiger partial charge in [-0.05, 0) is 37.5 Å². The summed E-state index contributed by atoms with van der Waals surface area (Å²) in [6.07, 6.45) is 3.68. The zero-order valence-corrected chi connectivity index (χ0v) is 22.1. The number of nitrogen functional groups attached to an aromatic ring is 1. The van der Waals surface area contributed by atoms with Crippen molar-refractivity contribution >= 4 is 23.4 Å². The van der Waals surface area contributed by atoms with E-state index in [-0.39, 0.29) is 0 Å². The number of anilines is 3. The first-order valence-corrected chi connectivity index (χ1v) is 12.8. The summed E-state index contributed by atoms with van der Waals surface area (Å²) < 4.78 is 11.4. The van der Waals surface area contributed by atoms with E-state index in [2.05, 4.69) is 39.2 Å². The van der Waals surface area contributed by atoms with Crippen molar-refractivity contribution in [2.75, 3.05) is 68.6 Å². The molecule has 3 N–H and O–H groups in total. The fourth-order valence-corrected chi connectivity index (χ4v) is 3.64. The van der Waals surface area contributed by atoms with Crippen LogP contribution in [-0.4, -0.2) is 73.6 Å². The van der Waals surface area contributed by atoms with E-state index < -0.39 is 0 Å². The van der Waals surface area contributed by atoms with Crippen molar-refractivity contribution in [3.8, 4) is 5.88 Å². The topological polar surface area (TPSA) is 101 Å². The largest absolute Gasteiger partial charge is 0.476 e. The Hall–Kier alpha value is -2.91. The number of benzene rings is 1. The van der Waals surface area contributed by atoms with E-state index in [1.54, 1.807) is 6.21 Å². The SMILES string of the molecule is CC.CCCN(CCC)c1cc(OCCN2CCOCC2)nc(/C=N/Nc2cc(C)ccc2N)n1. The lowest BCUT2D eigenvalue weighted by molar-refractivity contribution is 0.0320. The van der Waals surface area contributed by atoms with Crippen molar-refractivity contribution in [2.24, 2.45) is 5.10 Å². The summed E-state index contributed by atoms with van der Waals surface area (Å²) in [7, 11) is 0. The molecule has 0 unspecified atom stereocenters. The van der Waals surface area contributed by atoms with Gasteiger partial charge in [-0.15, -0.1) is 0 Å². The molecule has 0 radical (unpaired) electrons. The molecule has 0 bridgehead atoms. The Labute approximate surface area is 210 Å². The quantitative estimate of drug-likeness (QED) is 0.262. The highest BCUT2D eigenvalue weighted by atomic mass is 16.5. The van der Waals surface area contributed by atoms with Gasteiger partial charge in [-0.3, -0.25) is 10.3 Å². The maximum Gasteiger partial charge on any atom is 0.219 e. The number of morpholine rings is 1. The number of aromatic nitrogens is 2. The summed E-state index contributed by atoms with van der Waals surface area (Å²) in [6, 6.07) is 7.70. The monoisotopic (exact) mass is 485 g/mol. The predicted octanol–water partition coefficient (Wildman–Crippen LogP) is 4.18. The Balaban J connectivity index is 0.00000210. The summed E-state index contributed by atoms with van der Waals surface area (Å²) in [5.41, 5.74) is 11.5. The standard InChI is InChI=1S/C24H37N7O2.C2H6/c1-4-8-31(9-5-2)23-17-24(33-15-12-30-10-13-32-14-11-30)28-22(27-23)18-26-29-21-16-19(3)6-7-20(21)25;1-2/h6-7,16-18,29H,4-5,8-15,25H2,1-3H3;1-2H3/b26-18+;. The van der Waals surface area contributed by atoms with E-state index in [9.17, 15) is 0 Å². The van der Waals surface area contributed by atoms with E-state index in [0.29, 0.717) is 24.0 Å². The van der Waals surface area contributed by atoms with Gasteiger partial charge in [0.05, 0.1) is 30.8 Å². The average Bonchev–Trinajstić information content (AvgIpc) is 2.88. The van der Waals surface area contributed by atoms with Crippen LogP contribution in [0.3, 0.4) is 0 Å². The summed E-state index contributed by atoms with van der Waals surface area (Å²) in [6.45, 7) is 17.0. The second-order valence-electron chi connectivity index (χ2n) is 8.17. The first-order valence-electron chi connectivity index (χ1n) is 12.8. The van der Waals surface area contributed by atoms with Crippen molar-refractivity contribution < 1.29 is 9.47 Å². The lowest BCUT2D eigenvalue weighted by Crippen LogP contribution is -2.38. The molecule has 2 aromatic rings. The molecule has 0 spiro atoms. The second-order valence-corrected chi connectivity index (χ2v) is 8.17. The Kier molecular flexibility index (Phi) is 12.9. The van der Waals surface area contributed by atoms with Crippen LogP contribution < -0.4 is 20.8 Å². The molecular weight excluding hydrogens is 442 g/mol. The molecule has 9 nitrogen and oxygen atoms in total. The van der Waals surface area contributed by atoms with Crippen LogP contribution in [0, 0.1) is 6.92 Å². The molecule has 1 aromatic heterocycles. The van der Waals surface area contributed by atoms with Crippen LogP contribution in [0.4, 0.5) is 17.2 Å². The Morgan fingerprint density at radius 1 is 1.14 bits per heavy atom. The minimum absolute atomic E-state index is 0.491. The predicted molar refractivity (Wildman–Crippen MR) is 146 cm³/mol. The summed E-state index contributed by atoms with van der Waals surface area (Å²) in [5.74, 6) is 1.90. The number of nitrogens with one attached hydrogen (secondary N) is 1. The van der Waals surface area contributed by atoms with Crippen molar-refractivity contribution in [1.29, 1.82) is 0 Å². The van der Waals surface area contributed by atoms with Crippen LogP contribution in [-0.2, 0) is 4.74 Å². The molecule has 0 amide bonds. The molecule has 35 heavy (non-hydrogen) atoms. The first-order chi connectivity index (χ1) is 17.1. The molecule has 1 aromatic carbocycles. The Bertz CT molecular complexity index is 895. The van der Waals surface area contributed by atoms with Crippen LogP contribution in [0.15, 0.2) is 29.4 Å². The van der Waals surface area contributed by atoms with E-state index in [1.165, 1.54) is 0 Å². The van der Waals surface area contributed by atoms with Crippen LogP contribution in [0.5, 0.6) is 5.88 Å². The number of ether oxygens (including phenoxy) is 2. The van der Waals surface area contributed by atoms with Crippen molar-refractivity contribution in [3.63, 3.8) is 0 Å². The molecular formula is C26H43N7O2. The van der Waals surface area contributed by atoms with Crippen LogP contribution >= 0.6 is 0 Å². The third-order valence-corrected chi connectivity index (χ3v) is 5.35. The normalized spacial score (nSPS) is 13.9. The molecule has 0 saturated carbocycles. The van der Waals surface area contributed by atoms with Gasteiger partial charge in [-0.1, -0.05) is 33.8 Å². The maximum absolute atomic E-state index is 6.03. The zero-order valence-electron chi connectivity index (χ0n) is 22.1. The molecule has 2 heterocycles. The van der Waals surface area contributed by atoms with Gasteiger partial charge in [0.2, 0.25) is 5.88 Å². The highest BCUT2D eigenvalue weighted by Crippen LogP contribution is 2.20. The van der Waals surface area contributed by atoms with E-state index >= 15 is 0 Å². The Morgan fingerprint density at radius 3 is 2.54 bits per heavy atom. The molecule has 194 valence electrons. The highest BCUT2D eigenvalue weighted by molar-refractivity contribution is 5.77. The van der Waals surface area contributed by atoms with Gasteiger partial charge < -0.3 is 20.1 Å². The fraction of sp³-hybridized carbons (Fsp3) is 0.577. The summed E-state index contributed by atoms with van der Waals surface area (Å²) in [4.78, 5) is 13.9. The third-order valence-electron chi connectivity index (χ3n) is 5.35. The number of nitrogens with zero attached hydrogens (tertiary/aromatic N) is 5. The lowest BCUT2D eigenvalue weighted by atomic mass is 10.2. The number of hydrogen-bond acceptors (Lipinski definition) is 9. The lowest BCUT2D eigenvalue weighted by Gasteiger charge is -2.26. The summed E-state index contributed by atoms with van der Waals surface area (Å²) in [5, 5.41) is 4.32. The van der Waals surface area contributed by atoms with Crippen molar-refractivity contribution in [2.45, 2.75) is 47.5 Å². The molecule has 0 aliphatic carbocycles. The fourth-order valence-electron chi connectivity index (χ4n) is 3.64. The molecule has 1 aliphatic heterocycles. The zero-order chi connectivity index (χ0) is 25.5. The molecule has 1 saturated heterocycles. The first kappa shape index (κ1) is 28.3. The number of rotatable bonds is 12. The van der Waals surface area contributed by atoms with Crippen molar-refractivity contribution in [1.82, 2.24) is 14.9 Å². The van der Waals surface area contributed by atoms with E-state index in [1.807, 2.05) is 45.0 Å².